The lowest BCUT2D eigenvalue weighted by Crippen LogP contribution is -2.13. The molecule has 21 heavy (non-hydrogen) atoms. The van der Waals surface area contributed by atoms with Crippen molar-refractivity contribution in [3.05, 3.63) is 24.3 Å². The van der Waals surface area contributed by atoms with Crippen LogP contribution in [0.25, 0.3) is 0 Å². The minimum atomic E-state index is 0.449. The number of benzene rings is 1. The molecule has 0 heterocycles. The van der Waals surface area contributed by atoms with Crippen molar-refractivity contribution in [1.29, 1.82) is 0 Å². The third-order valence-electron chi connectivity index (χ3n) is 3.37. The van der Waals surface area contributed by atoms with E-state index in [1.54, 1.807) is 11.8 Å². The fourth-order valence-corrected chi connectivity index (χ4v) is 2.95. The van der Waals surface area contributed by atoms with E-state index in [2.05, 4.69) is 4.99 Å². The van der Waals surface area contributed by atoms with E-state index in [1.807, 2.05) is 31.2 Å². The van der Waals surface area contributed by atoms with Gasteiger partial charge in [0.25, 0.3) is 0 Å². The van der Waals surface area contributed by atoms with Gasteiger partial charge in [0.1, 0.15) is 11.5 Å². The Morgan fingerprint density at radius 1 is 1.19 bits per heavy atom. The zero-order valence-corrected chi connectivity index (χ0v) is 13.4. The molecular formula is C16H24N2O2S. The Morgan fingerprint density at radius 3 is 2.43 bits per heavy atom. The quantitative estimate of drug-likeness (QED) is 0.476. The van der Waals surface area contributed by atoms with E-state index in [0.717, 1.165) is 17.3 Å². The van der Waals surface area contributed by atoms with Crippen molar-refractivity contribution < 1.29 is 9.47 Å². The van der Waals surface area contributed by atoms with Gasteiger partial charge in [-0.25, -0.2) is 0 Å². The number of ether oxygens (including phenoxy) is 2. The fraction of sp³-hybridized carbons (Fsp3) is 0.562. The molecule has 0 bridgehead atoms. The number of hydrogen-bond donors (Lipinski definition) is 1. The van der Waals surface area contributed by atoms with Crippen LogP contribution in [-0.4, -0.2) is 30.2 Å². The highest BCUT2D eigenvalue weighted by Gasteiger charge is 2.13. The van der Waals surface area contributed by atoms with Crippen LogP contribution in [0.2, 0.25) is 0 Å². The maximum Gasteiger partial charge on any atom is 0.154 e. The van der Waals surface area contributed by atoms with Gasteiger partial charge in [-0.05, 0) is 44.0 Å². The molecule has 2 rings (SSSR count). The SMILES string of the molecule is CCOc1ccc(OCCSC(N)=NC2CCCC2)cc1. The fourth-order valence-electron chi connectivity index (χ4n) is 2.36. The van der Waals surface area contributed by atoms with Crippen molar-refractivity contribution in [1.82, 2.24) is 0 Å². The van der Waals surface area contributed by atoms with Crippen LogP contribution in [0, 0.1) is 0 Å². The second-order valence-corrected chi connectivity index (χ2v) is 6.12. The largest absolute Gasteiger partial charge is 0.494 e. The molecule has 0 aromatic heterocycles. The molecule has 1 aliphatic rings. The number of aliphatic imine (C=N–C) groups is 1. The number of amidine groups is 1. The Hall–Kier alpha value is -1.36. The summed E-state index contributed by atoms with van der Waals surface area (Å²) in [6, 6.07) is 8.13. The average Bonchev–Trinajstić information content (AvgIpc) is 2.98. The van der Waals surface area contributed by atoms with Crippen molar-refractivity contribution in [2.75, 3.05) is 19.0 Å². The first-order chi connectivity index (χ1) is 10.3. The van der Waals surface area contributed by atoms with E-state index in [4.69, 9.17) is 15.2 Å². The second kappa shape index (κ2) is 8.82. The first-order valence-electron chi connectivity index (χ1n) is 7.59. The van der Waals surface area contributed by atoms with E-state index in [9.17, 15) is 0 Å². The van der Waals surface area contributed by atoms with Crippen LogP contribution >= 0.6 is 11.8 Å². The van der Waals surface area contributed by atoms with Crippen LogP contribution in [0.1, 0.15) is 32.6 Å². The summed E-state index contributed by atoms with van der Waals surface area (Å²) in [6.45, 7) is 3.27. The zero-order chi connectivity index (χ0) is 14.9. The summed E-state index contributed by atoms with van der Waals surface area (Å²) in [5.41, 5.74) is 5.93. The van der Waals surface area contributed by atoms with Gasteiger partial charge in [0, 0.05) is 5.75 Å². The highest BCUT2D eigenvalue weighted by atomic mass is 32.2. The number of thioether (sulfide) groups is 1. The van der Waals surface area contributed by atoms with E-state index >= 15 is 0 Å². The summed E-state index contributed by atoms with van der Waals surface area (Å²) in [5, 5.41) is 0.692. The highest BCUT2D eigenvalue weighted by Crippen LogP contribution is 2.22. The zero-order valence-electron chi connectivity index (χ0n) is 12.6. The van der Waals surface area contributed by atoms with Crippen LogP contribution in [0.5, 0.6) is 11.5 Å². The van der Waals surface area contributed by atoms with E-state index < -0.39 is 0 Å². The van der Waals surface area contributed by atoms with Gasteiger partial charge >= 0.3 is 0 Å². The van der Waals surface area contributed by atoms with Gasteiger partial charge < -0.3 is 15.2 Å². The van der Waals surface area contributed by atoms with Gasteiger partial charge in [-0.3, -0.25) is 4.99 Å². The van der Waals surface area contributed by atoms with Crippen LogP contribution in [0.15, 0.2) is 29.3 Å². The molecule has 1 aromatic rings. The lowest BCUT2D eigenvalue weighted by molar-refractivity contribution is 0.332. The Morgan fingerprint density at radius 2 is 1.81 bits per heavy atom. The lowest BCUT2D eigenvalue weighted by atomic mass is 10.3. The molecule has 0 atom stereocenters. The van der Waals surface area contributed by atoms with Gasteiger partial charge in [-0.2, -0.15) is 0 Å². The maximum atomic E-state index is 5.93. The molecule has 4 nitrogen and oxygen atoms in total. The molecule has 5 heteroatoms. The van der Waals surface area contributed by atoms with Gasteiger partial charge in [0.05, 0.1) is 19.3 Å². The highest BCUT2D eigenvalue weighted by molar-refractivity contribution is 8.13. The summed E-state index contributed by atoms with van der Waals surface area (Å²) in [7, 11) is 0. The Labute approximate surface area is 131 Å². The number of hydrogen-bond acceptors (Lipinski definition) is 4. The Kier molecular flexibility index (Phi) is 6.73. The smallest absolute Gasteiger partial charge is 0.154 e. The summed E-state index contributed by atoms with van der Waals surface area (Å²) >= 11 is 1.57. The monoisotopic (exact) mass is 308 g/mol. The van der Waals surface area contributed by atoms with Crippen molar-refractivity contribution in [3.8, 4) is 11.5 Å². The number of nitrogens with zero attached hydrogens (tertiary/aromatic N) is 1. The van der Waals surface area contributed by atoms with Crippen LogP contribution in [0.3, 0.4) is 0 Å². The normalized spacial score (nSPS) is 16.1. The summed E-state index contributed by atoms with van der Waals surface area (Å²) < 4.78 is 11.1. The van der Waals surface area contributed by atoms with E-state index in [1.165, 1.54) is 25.7 Å². The molecule has 1 aromatic carbocycles. The van der Waals surface area contributed by atoms with Gasteiger partial charge in [-0.15, -0.1) is 0 Å². The molecule has 0 unspecified atom stereocenters. The molecule has 0 radical (unpaired) electrons. The van der Waals surface area contributed by atoms with Crippen molar-refractivity contribution in [3.63, 3.8) is 0 Å². The van der Waals surface area contributed by atoms with Gasteiger partial charge in [0.15, 0.2) is 5.17 Å². The van der Waals surface area contributed by atoms with E-state index in [0.29, 0.717) is 24.4 Å². The average molecular weight is 308 g/mol. The molecule has 0 amide bonds. The summed E-state index contributed by atoms with van der Waals surface area (Å²) in [4.78, 5) is 4.54. The first kappa shape index (κ1) is 16.0. The molecule has 116 valence electrons. The third kappa shape index (κ3) is 5.87. The molecular weight excluding hydrogens is 284 g/mol. The second-order valence-electron chi connectivity index (χ2n) is 5.01. The molecule has 1 fully saturated rings. The standard InChI is InChI=1S/C16H24N2O2S/c1-2-19-14-7-9-15(10-8-14)20-11-12-21-16(17)18-13-5-3-4-6-13/h7-10,13H,2-6,11-12H2,1H3,(H2,17,18). The topological polar surface area (TPSA) is 56.8 Å². The van der Waals surface area contributed by atoms with Crippen LogP contribution < -0.4 is 15.2 Å². The molecule has 1 saturated carbocycles. The first-order valence-corrected chi connectivity index (χ1v) is 8.58. The number of rotatable bonds is 7. The summed E-state index contributed by atoms with van der Waals surface area (Å²) in [6.07, 6.45) is 4.94. The summed E-state index contributed by atoms with van der Waals surface area (Å²) in [5.74, 6) is 2.53. The minimum absolute atomic E-state index is 0.449. The number of nitrogens with two attached hydrogens (primary N) is 1. The minimum Gasteiger partial charge on any atom is -0.494 e. The lowest BCUT2D eigenvalue weighted by Gasteiger charge is -2.08. The van der Waals surface area contributed by atoms with Crippen LogP contribution in [0.4, 0.5) is 0 Å². The maximum absolute atomic E-state index is 5.93. The predicted octanol–water partition coefficient (Wildman–Crippen LogP) is 3.45. The Bertz CT molecular complexity index is 442. The molecule has 0 saturated heterocycles. The molecule has 1 aliphatic carbocycles. The molecule has 2 N–H and O–H groups in total. The van der Waals surface area contributed by atoms with Crippen molar-refractivity contribution in [2.24, 2.45) is 10.7 Å². The van der Waals surface area contributed by atoms with Crippen molar-refractivity contribution >= 4 is 16.9 Å². The van der Waals surface area contributed by atoms with Crippen LogP contribution in [-0.2, 0) is 0 Å². The van der Waals surface area contributed by atoms with Crippen molar-refractivity contribution in [2.45, 2.75) is 38.6 Å². The van der Waals surface area contributed by atoms with Gasteiger partial charge in [0.2, 0.25) is 0 Å². The third-order valence-corrected chi connectivity index (χ3v) is 4.14. The molecule has 0 spiro atoms. The predicted molar refractivity (Wildman–Crippen MR) is 89.4 cm³/mol. The van der Waals surface area contributed by atoms with E-state index in [-0.39, 0.29) is 0 Å². The van der Waals surface area contributed by atoms with Gasteiger partial charge in [-0.1, -0.05) is 24.6 Å². The Balaban J connectivity index is 1.64. The molecule has 0 aliphatic heterocycles.